The van der Waals surface area contributed by atoms with Crippen LogP contribution in [0.5, 0.6) is 0 Å². The van der Waals surface area contributed by atoms with Gasteiger partial charge in [0.15, 0.2) is 5.78 Å². The van der Waals surface area contributed by atoms with Crippen molar-refractivity contribution in [1.82, 2.24) is 9.97 Å². The summed E-state index contributed by atoms with van der Waals surface area (Å²) in [5, 5.41) is 8.43. The number of carbonyl (C=O) groups is 2. The van der Waals surface area contributed by atoms with Gasteiger partial charge in [-0.2, -0.15) is 0 Å². The smallest absolute Gasteiger partial charge is 0.328 e. The number of aromatic nitrogens is 2. The summed E-state index contributed by atoms with van der Waals surface area (Å²) in [4.78, 5) is 29.1. The van der Waals surface area contributed by atoms with Crippen LogP contribution in [0.15, 0.2) is 30.4 Å². The van der Waals surface area contributed by atoms with Crippen LogP contribution in [0.3, 0.4) is 0 Å². The number of aromatic amines is 1. The van der Waals surface area contributed by atoms with Crippen molar-refractivity contribution in [2.45, 2.75) is 6.92 Å². The number of carbonyl (C=O) groups excluding carboxylic acids is 1. The maximum atomic E-state index is 11.6. The van der Waals surface area contributed by atoms with Gasteiger partial charge >= 0.3 is 5.97 Å². The van der Waals surface area contributed by atoms with Gasteiger partial charge < -0.3 is 10.1 Å². The fourth-order valence-electron chi connectivity index (χ4n) is 1.53. The lowest BCUT2D eigenvalue weighted by Gasteiger charge is -1.95. The zero-order valence-corrected chi connectivity index (χ0v) is 9.10. The number of nitrogens with one attached hydrogen (secondary N) is 1. The van der Waals surface area contributed by atoms with Crippen LogP contribution >= 0.6 is 0 Å². The van der Waals surface area contributed by atoms with Crippen molar-refractivity contribution in [3.63, 3.8) is 0 Å². The number of nitrogens with zero attached hydrogens (tertiary/aromatic N) is 1. The molecule has 86 valence electrons. The quantitative estimate of drug-likeness (QED) is 0.621. The molecule has 0 fully saturated rings. The maximum absolute atomic E-state index is 11.6. The third-order valence-corrected chi connectivity index (χ3v) is 2.26. The molecule has 2 aromatic rings. The van der Waals surface area contributed by atoms with Gasteiger partial charge in [-0.15, -0.1) is 0 Å². The molecule has 0 bridgehead atoms. The zero-order chi connectivity index (χ0) is 12.4. The van der Waals surface area contributed by atoms with E-state index in [1.807, 2.05) is 6.92 Å². The number of aryl methyl sites for hydroxylation is 1. The Morgan fingerprint density at radius 1 is 1.35 bits per heavy atom. The molecule has 5 heteroatoms. The van der Waals surface area contributed by atoms with E-state index in [4.69, 9.17) is 5.11 Å². The predicted molar refractivity (Wildman–Crippen MR) is 61.9 cm³/mol. The molecule has 17 heavy (non-hydrogen) atoms. The number of imidazole rings is 1. The van der Waals surface area contributed by atoms with Crippen molar-refractivity contribution in [3.05, 3.63) is 41.7 Å². The summed E-state index contributed by atoms with van der Waals surface area (Å²) in [7, 11) is 0. The fraction of sp³-hybridized carbons (Fsp3) is 0.0833. The van der Waals surface area contributed by atoms with Crippen LogP contribution in [-0.4, -0.2) is 26.8 Å². The Labute approximate surface area is 96.8 Å². The van der Waals surface area contributed by atoms with Crippen LogP contribution < -0.4 is 0 Å². The number of fused-ring (bicyclic) bond motifs is 1. The van der Waals surface area contributed by atoms with Gasteiger partial charge in [-0.05, 0) is 31.2 Å². The van der Waals surface area contributed by atoms with E-state index in [0.29, 0.717) is 5.56 Å². The van der Waals surface area contributed by atoms with Gasteiger partial charge in [0.05, 0.1) is 11.0 Å². The van der Waals surface area contributed by atoms with Crippen LogP contribution in [0.1, 0.15) is 16.2 Å². The monoisotopic (exact) mass is 230 g/mol. The second-order valence-electron chi connectivity index (χ2n) is 3.59. The summed E-state index contributed by atoms with van der Waals surface area (Å²) in [6.07, 6.45) is 1.86. The summed E-state index contributed by atoms with van der Waals surface area (Å²) < 4.78 is 0. The summed E-state index contributed by atoms with van der Waals surface area (Å²) in [6, 6.07) is 5.00. The first kappa shape index (κ1) is 11.1. The second-order valence-corrected chi connectivity index (χ2v) is 3.59. The molecule has 1 heterocycles. The summed E-state index contributed by atoms with van der Waals surface area (Å²) in [6.45, 7) is 1.83. The highest BCUT2D eigenvalue weighted by Crippen LogP contribution is 2.14. The van der Waals surface area contributed by atoms with Gasteiger partial charge in [0, 0.05) is 11.6 Å². The van der Waals surface area contributed by atoms with Gasteiger partial charge in [-0.1, -0.05) is 0 Å². The lowest BCUT2D eigenvalue weighted by atomic mass is 10.1. The van der Waals surface area contributed by atoms with Crippen molar-refractivity contribution < 1.29 is 14.7 Å². The number of benzene rings is 1. The number of carboxylic acid groups (broad SMARTS) is 1. The third kappa shape index (κ3) is 2.39. The molecule has 0 saturated carbocycles. The zero-order valence-electron chi connectivity index (χ0n) is 9.10. The Kier molecular flexibility index (Phi) is 2.74. The first-order chi connectivity index (χ1) is 8.06. The molecule has 0 saturated heterocycles. The molecule has 0 spiro atoms. The van der Waals surface area contributed by atoms with Crippen molar-refractivity contribution in [2.75, 3.05) is 0 Å². The summed E-state index contributed by atoms with van der Waals surface area (Å²) >= 11 is 0. The maximum Gasteiger partial charge on any atom is 0.328 e. The summed E-state index contributed by atoms with van der Waals surface area (Å²) in [5.74, 6) is -0.718. The van der Waals surface area contributed by atoms with Gasteiger partial charge in [-0.3, -0.25) is 4.79 Å². The predicted octanol–water partition coefficient (Wildman–Crippen LogP) is 1.69. The molecule has 2 N–H and O–H groups in total. The average Bonchev–Trinajstić information content (AvgIpc) is 2.64. The third-order valence-electron chi connectivity index (χ3n) is 2.26. The van der Waals surface area contributed by atoms with E-state index in [1.54, 1.807) is 18.2 Å². The van der Waals surface area contributed by atoms with Crippen LogP contribution in [0.4, 0.5) is 0 Å². The van der Waals surface area contributed by atoms with Gasteiger partial charge in [0.2, 0.25) is 0 Å². The van der Waals surface area contributed by atoms with Crippen LogP contribution in [-0.2, 0) is 4.79 Å². The minimum atomic E-state index is -1.14. The first-order valence-corrected chi connectivity index (χ1v) is 4.98. The number of rotatable bonds is 3. The molecule has 0 aliphatic heterocycles. The van der Waals surface area contributed by atoms with Crippen molar-refractivity contribution in [3.8, 4) is 0 Å². The first-order valence-electron chi connectivity index (χ1n) is 4.98. The second kappa shape index (κ2) is 4.21. The van der Waals surface area contributed by atoms with Crippen LogP contribution in [0.25, 0.3) is 11.0 Å². The highest BCUT2D eigenvalue weighted by molar-refractivity contribution is 6.08. The topological polar surface area (TPSA) is 83.1 Å². The highest BCUT2D eigenvalue weighted by atomic mass is 16.4. The molecule has 0 radical (unpaired) electrons. The number of aliphatic carboxylic acids is 1. The number of carboxylic acids is 1. The number of allylic oxidation sites excluding steroid dienone is 1. The van der Waals surface area contributed by atoms with E-state index in [-0.39, 0.29) is 5.78 Å². The minimum absolute atomic E-state index is 0.346. The summed E-state index contributed by atoms with van der Waals surface area (Å²) in [5.41, 5.74) is 1.97. The normalized spacial score (nSPS) is 11.1. The number of ketones is 1. The van der Waals surface area contributed by atoms with Crippen molar-refractivity contribution in [2.24, 2.45) is 0 Å². The van der Waals surface area contributed by atoms with Gasteiger partial charge in [-0.25, -0.2) is 9.78 Å². The number of hydrogen-bond acceptors (Lipinski definition) is 3. The molecular formula is C12H10N2O3. The molecule has 0 unspecified atom stereocenters. The fourth-order valence-corrected chi connectivity index (χ4v) is 1.53. The Hall–Kier alpha value is -2.43. The van der Waals surface area contributed by atoms with Crippen LogP contribution in [0.2, 0.25) is 0 Å². The van der Waals surface area contributed by atoms with E-state index in [0.717, 1.165) is 29.0 Å². The van der Waals surface area contributed by atoms with E-state index >= 15 is 0 Å². The SMILES string of the molecule is Cc1nc2ccc(C(=O)/C=C/C(=O)O)cc2[nH]1. The molecule has 1 aromatic carbocycles. The standard InChI is InChI=1S/C12H10N2O3/c1-7-13-9-3-2-8(6-10(9)14-7)11(15)4-5-12(16)17/h2-6H,1H3,(H,13,14)(H,16,17)/b5-4+. The van der Waals surface area contributed by atoms with E-state index in [1.165, 1.54) is 0 Å². The van der Waals surface area contributed by atoms with Crippen LogP contribution in [0, 0.1) is 6.92 Å². The Balaban J connectivity index is 2.35. The van der Waals surface area contributed by atoms with Crippen molar-refractivity contribution in [1.29, 1.82) is 0 Å². The molecule has 0 atom stereocenters. The molecule has 1 aromatic heterocycles. The van der Waals surface area contributed by atoms with E-state index in [2.05, 4.69) is 9.97 Å². The average molecular weight is 230 g/mol. The molecule has 0 aliphatic carbocycles. The lowest BCUT2D eigenvalue weighted by molar-refractivity contribution is -0.131. The molecular weight excluding hydrogens is 220 g/mol. The van der Waals surface area contributed by atoms with E-state index in [9.17, 15) is 9.59 Å². The van der Waals surface area contributed by atoms with Gasteiger partial charge in [0.1, 0.15) is 5.82 Å². The molecule has 5 nitrogen and oxygen atoms in total. The Morgan fingerprint density at radius 2 is 2.12 bits per heavy atom. The largest absolute Gasteiger partial charge is 0.478 e. The van der Waals surface area contributed by atoms with Crippen molar-refractivity contribution >= 4 is 22.8 Å². The Bertz CT molecular complexity index is 626. The molecule has 0 amide bonds. The lowest BCUT2D eigenvalue weighted by Crippen LogP contribution is -1.96. The highest BCUT2D eigenvalue weighted by Gasteiger charge is 2.05. The Morgan fingerprint density at radius 3 is 2.82 bits per heavy atom. The molecule has 0 aliphatic rings. The molecule has 2 rings (SSSR count). The minimum Gasteiger partial charge on any atom is -0.478 e. The van der Waals surface area contributed by atoms with Gasteiger partial charge in [0.25, 0.3) is 0 Å². The number of hydrogen-bond donors (Lipinski definition) is 2. The van der Waals surface area contributed by atoms with E-state index < -0.39 is 5.97 Å². The number of H-pyrrole nitrogens is 1.